The van der Waals surface area contributed by atoms with E-state index >= 15 is 0 Å². The Morgan fingerprint density at radius 3 is 2.50 bits per heavy atom. The number of piperidine rings is 1. The van der Waals surface area contributed by atoms with Crippen molar-refractivity contribution in [3.05, 3.63) is 34.9 Å². The third-order valence-electron chi connectivity index (χ3n) is 3.88. The monoisotopic (exact) mass is 296 g/mol. The largest absolute Gasteiger partial charge is 0.387 e. The average Bonchev–Trinajstić information content (AvgIpc) is 2.41. The lowest BCUT2D eigenvalue weighted by molar-refractivity contribution is -0.119. The standard InChI is InChI=1S/C15H21ClN2O2/c16-13-3-1-12(2-4-13)14(19)10-18-7-5-11(6-8-18)9-15(17)20/h1-4,11,14,19H,5-10H2,(H2,17,20)/t14-/m0/s1. The minimum atomic E-state index is -0.500. The molecule has 0 spiro atoms. The van der Waals surface area contributed by atoms with Crippen molar-refractivity contribution in [1.29, 1.82) is 0 Å². The molecule has 20 heavy (non-hydrogen) atoms. The van der Waals surface area contributed by atoms with Gasteiger partial charge in [0.15, 0.2) is 0 Å². The Balaban J connectivity index is 1.80. The van der Waals surface area contributed by atoms with Crippen molar-refractivity contribution >= 4 is 17.5 Å². The molecule has 0 aromatic heterocycles. The maximum Gasteiger partial charge on any atom is 0.217 e. The first-order valence-electron chi connectivity index (χ1n) is 6.99. The summed E-state index contributed by atoms with van der Waals surface area (Å²) < 4.78 is 0. The van der Waals surface area contributed by atoms with Gasteiger partial charge in [-0.2, -0.15) is 0 Å². The molecule has 1 saturated heterocycles. The summed E-state index contributed by atoms with van der Waals surface area (Å²) in [6, 6.07) is 7.29. The van der Waals surface area contributed by atoms with Crippen LogP contribution in [0.1, 0.15) is 30.9 Å². The fourth-order valence-corrected chi connectivity index (χ4v) is 2.82. The van der Waals surface area contributed by atoms with Crippen molar-refractivity contribution in [2.24, 2.45) is 11.7 Å². The zero-order chi connectivity index (χ0) is 14.5. The third kappa shape index (κ3) is 4.47. The van der Waals surface area contributed by atoms with Crippen LogP contribution in [0, 0.1) is 5.92 Å². The number of rotatable bonds is 5. The van der Waals surface area contributed by atoms with E-state index in [1.807, 2.05) is 12.1 Å². The van der Waals surface area contributed by atoms with Crippen LogP contribution in [0.5, 0.6) is 0 Å². The lowest BCUT2D eigenvalue weighted by Crippen LogP contribution is -2.37. The number of hydrogen-bond acceptors (Lipinski definition) is 3. The van der Waals surface area contributed by atoms with E-state index in [9.17, 15) is 9.90 Å². The van der Waals surface area contributed by atoms with Gasteiger partial charge < -0.3 is 15.7 Å². The lowest BCUT2D eigenvalue weighted by atomic mass is 9.93. The highest BCUT2D eigenvalue weighted by molar-refractivity contribution is 6.30. The molecule has 1 atom stereocenters. The van der Waals surface area contributed by atoms with Crippen molar-refractivity contribution in [3.63, 3.8) is 0 Å². The van der Waals surface area contributed by atoms with E-state index in [2.05, 4.69) is 4.90 Å². The fourth-order valence-electron chi connectivity index (χ4n) is 2.69. The molecule has 0 saturated carbocycles. The summed E-state index contributed by atoms with van der Waals surface area (Å²) in [6.07, 6.45) is 1.92. The number of amides is 1. The van der Waals surface area contributed by atoms with Crippen LogP contribution >= 0.6 is 11.6 Å². The highest BCUT2D eigenvalue weighted by Gasteiger charge is 2.22. The molecule has 1 aromatic carbocycles. The van der Waals surface area contributed by atoms with E-state index in [4.69, 9.17) is 17.3 Å². The van der Waals surface area contributed by atoms with Crippen LogP contribution in [-0.4, -0.2) is 35.5 Å². The molecule has 110 valence electrons. The van der Waals surface area contributed by atoms with Crippen molar-refractivity contribution < 1.29 is 9.90 Å². The topological polar surface area (TPSA) is 66.6 Å². The third-order valence-corrected chi connectivity index (χ3v) is 4.13. The Labute approximate surface area is 124 Å². The summed E-state index contributed by atoms with van der Waals surface area (Å²) in [5.74, 6) is 0.182. The van der Waals surface area contributed by atoms with Crippen LogP contribution in [0.4, 0.5) is 0 Å². The maximum atomic E-state index is 10.9. The zero-order valence-electron chi connectivity index (χ0n) is 11.5. The first-order valence-corrected chi connectivity index (χ1v) is 7.36. The van der Waals surface area contributed by atoms with E-state index in [1.54, 1.807) is 12.1 Å². The molecule has 1 aliphatic heterocycles. The van der Waals surface area contributed by atoms with E-state index in [1.165, 1.54) is 0 Å². The molecule has 0 bridgehead atoms. The molecule has 1 aliphatic rings. The number of nitrogens with two attached hydrogens (primary N) is 1. The summed E-state index contributed by atoms with van der Waals surface area (Å²) in [6.45, 7) is 2.43. The number of carbonyl (C=O) groups is 1. The minimum absolute atomic E-state index is 0.218. The average molecular weight is 297 g/mol. The summed E-state index contributed by atoms with van der Waals surface area (Å²) in [5, 5.41) is 10.9. The van der Waals surface area contributed by atoms with Gasteiger partial charge in [-0.15, -0.1) is 0 Å². The number of carbonyl (C=O) groups excluding carboxylic acids is 1. The van der Waals surface area contributed by atoms with Crippen molar-refractivity contribution in [1.82, 2.24) is 4.90 Å². The lowest BCUT2D eigenvalue weighted by Gasteiger charge is -2.32. The quantitative estimate of drug-likeness (QED) is 0.873. The summed E-state index contributed by atoms with van der Waals surface area (Å²) >= 11 is 5.84. The Morgan fingerprint density at radius 1 is 1.35 bits per heavy atom. The first kappa shape index (κ1) is 15.3. The number of aliphatic hydroxyl groups excluding tert-OH is 1. The predicted octanol–water partition coefficient (Wildman–Crippen LogP) is 1.96. The van der Waals surface area contributed by atoms with Crippen LogP contribution < -0.4 is 5.73 Å². The second-order valence-corrected chi connectivity index (χ2v) is 5.92. The van der Waals surface area contributed by atoms with Gasteiger partial charge in [0, 0.05) is 18.0 Å². The molecule has 0 radical (unpaired) electrons. The number of benzene rings is 1. The molecule has 1 fully saturated rings. The highest BCUT2D eigenvalue weighted by Crippen LogP contribution is 2.23. The second kappa shape index (κ2) is 7.07. The SMILES string of the molecule is NC(=O)CC1CCN(C[C@H](O)c2ccc(Cl)cc2)CC1. The smallest absolute Gasteiger partial charge is 0.217 e. The number of primary amides is 1. The molecule has 4 nitrogen and oxygen atoms in total. The van der Waals surface area contributed by atoms with Crippen LogP contribution in [0.2, 0.25) is 5.02 Å². The van der Waals surface area contributed by atoms with Crippen molar-refractivity contribution in [2.75, 3.05) is 19.6 Å². The molecule has 1 amide bonds. The molecule has 1 aromatic rings. The highest BCUT2D eigenvalue weighted by atomic mass is 35.5. The molecular formula is C15H21ClN2O2. The number of β-amino-alcohol motifs (C(OH)–C–C–N with tert-alkyl or cyclic N) is 1. The number of nitrogens with zero attached hydrogens (tertiary/aromatic N) is 1. The summed E-state index contributed by atoms with van der Waals surface area (Å²) in [5.41, 5.74) is 6.11. The molecule has 0 unspecified atom stereocenters. The van der Waals surface area contributed by atoms with E-state index in [0.717, 1.165) is 31.5 Å². The molecule has 2 rings (SSSR count). The normalized spacial score (nSPS) is 18.9. The van der Waals surface area contributed by atoms with Gasteiger partial charge in [0.2, 0.25) is 5.91 Å². The van der Waals surface area contributed by atoms with Gasteiger partial charge >= 0.3 is 0 Å². The van der Waals surface area contributed by atoms with E-state index in [-0.39, 0.29) is 5.91 Å². The van der Waals surface area contributed by atoms with Gasteiger partial charge in [-0.25, -0.2) is 0 Å². The fraction of sp³-hybridized carbons (Fsp3) is 0.533. The number of halogens is 1. The minimum Gasteiger partial charge on any atom is -0.387 e. The number of likely N-dealkylation sites (tertiary alicyclic amines) is 1. The van der Waals surface area contributed by atoms with Gasteiger partial charge in [-0.05, 0) is 49.5 Å². The second-order valence-electron chi connectivity index (χ2n) is 5.48. The van der Waals surface area contributed by atoms with Gasteiger partial charge in [0.1, 0.15) is 0 Å². The molecule has 1 heterocycles. The van der Waals surface area contributed by atoms with Gasteiger partial charge in [-0.3, -0.25) is 4.79 Å². The molecular weight excluding hydrogens is 276 g/mol. The van der Waals surface area contributed by atoms with Crippen LogP contribution in [-0.2, 0) is 4.79 Å². The summed E-state index contributed by atoms with van der Waals surface area (Å²) in [7, 11) is 0. The van der Waals surface area contributed by atoms with Gasteiger partial charge in [0.05, 0.1) is 6.10 Å². The Bertz CT molecular complexity index is 442. The Hall–Kier alpha value is -1.10. The maximum absolute atomic E-state index is 10.9. The number of aliphatic hydroxyl groups is 1. The van der Waals surface area contributed by atoms with Crippen LogP contribution in [0.3, 0.4) is 0 Å². The number of hydrogen-bond donors (Lipinski definition) is 2. The summed E-state index contributed by atoms with van der Waals surface area (Å²) in [4.78, 5) is 13.1. The van der Waals surface area contributed by atoms with Crippen molar-refractivity contribution in [3.8, 4) is 0 Å². The molecule has 0 aliphatic carbocycles. The molecule has 3 N–H and O–H groups in total. The molecule has 5 heteroatoms. The Morgan fingerprint density at radius 2 is 1.95 bits per heavy atom. The zero-order valence-corrected chi connectivity index (χ0v) is 12.2. The first-order chi connectivity index (χ1) is 9.54. The Kier molecular flexibility index (Phi) is 5.40. The van der Waals surface area contributed by atoms with Crippen LogP contribution in [0.15, 0.2) is 24.3 Å². The van der Waals surface area contributed by atoms with E-state index in [0.29, 0.717) is 23.9 Å². The van der Waals surface area contributed by atoms with Gasteiger partial charge in [0.25, 0.3) is 0 Å². The van der Waals surface area contributed by atoms with Gasteiger partial charge in [-0.1, -0.05) is 23.7 Å². The van der Waals surface area contributed by atoms with Crippen LogP contribution in [0.25, 0.3) is 0 Å². The predicted molar refractivity (Wildman–Crippen MR) is 79.4 cm³/mol. The van der Waals surface area contributed by atoms with E-state index < -0.39 is 6.10 Å². The van der Waals surface area contributed by atoms with Crippen molar-refractivity contribution in [2.45, 2.75) is 25.4 Å².